The van der Waals surface area contributed by atoms with Gasteiger partial charge in [-0.25, -0.2) is 4.39 Å². The Morgan fingerprint density at radius 1 is 1.35 bits per heavy atom. The van der Waals surface area contributed by atoms with Gasteiger partial charge < -0.3 is 10.2 Å². The van der Waals surface area contributed by atoms with E-state index in [2.05, 4.69) is 5.32 Å². The predicted octanol–water partition coefficient (Wildman–Crippen LogP) is 2.11. The van der Waals surface area contributed by atoms with Crippen LogP contribution in [0.4, 0.5) is 4.39 Å². The molecular weight excluding hydrogens is 255 g/mol. The van der Waals surface area contributed by atoms with Crippen LogP contribution in [0.25, 0.3) is 0 Å². The summed E-state index contributed by atoms with van der Waals surface area (Å²) in [5.74, 6) is -0.195. The average molecular weight is 276 g/mol. The molecule has 2 bridgehead atoms. The lowest BCUT2D eigenvalue weighted by Gasteiger charge is -2.35. The van der Waals surface area contributed by atoms with Gasteiger partial charge in [0.1, 0.15) is 5.82 Å². The summed E-state index contributed by atoms with van der Waals surface area (Å²) in [7, 11) is 1.89. The van der Waals surface area contributed by atoms with Gasteiger partial charge in [0.2, 0.25) is 5.91 Å². The molecule has 3 rings (SSSR count). The van der Waals surface area contributed by atoms with Crippen molar-refractivity contribution in [1.29, 1.82) is 0 Å². The first-order valence-corrected chi connectivity index (χ1v) is 7.38. The molecule has 0 spiro atoms. The van der Waals surface area contributed by atoms with Gasteiger partial charge >= 0.3 is 0 Å². The number of hydrogen-bond acceptors (Lipinski definition) is 2. The summed E-state index contributed by atoms with van der Waals surface area (Å²) in [5.41, 5.74) is 0.749. The molecule has 1 N–H and O–H groups in total. The molecule has 1 aromatic carbocycles. The fourth-order valence-corrected chi connectivity index (χ4v) is 3.49. The van der Waals surface area contributed by atoms with E-state index >= 15 is 0 Å². The van der Waals surface area contributed by atoms with Gasteiger partial charge in [-0.05, 0) is 43.4 Å². The normalized spacial score (nSPS) is 28.4. The van der Waals surface area contributed by atoms with Crippen molar-refractivity contribution in [2.45, 2.75) is 50.2 Å². The highest BCUT2D eigenvalue weighted by molar-refractivity contribution is 5.78. The minimum Gasteiger partial charge on any atom is -0.342 e. The van der Waals surface area contributed by atoms with Crippen molar-refractivity contribution in [2.24, 2.45) is 0 Å². The summed E-state index contributed by atoms with van der Waals surface area (Å²) in [5, 5.41) is 3.58. The number of hydrogen-bond donors (Lipinski definition) is 1. The second-order valence-corrected chi connectivity index (χ2v) is 6.07. The Kier molecular flexibility index (Phi) is 3.74. The Labute approximate surface area is 119 Å². The largest absolute Gasteiger partial charge is 0.342 e. The number of amides is 1. The number of benzene rings is 1. The lowest BCUT2D eigenvalue weighted by Crippen LogP contribution is -2.49. The molecule has 2 fully saturated rings. The van der Waals surface area contributed by atoms with Gasteiger partial charge in [0.25, 0.3) is 0 Å². The maximum Gasteiger partial charge on any atom is 0.226 e. The fraction of sp³-hybridized carbons (Fsp3) is 0.562. The molecule has 2 aliphatic heterocycles. The van der Waals surface area contributed by atoms with Crippen molar-refractivity contribution in [3.63, 3.8) is 0 Å². The Balaban J connectivity index is 1.62. The molecule has 3 nitrogen and oxygen atoms in total. The Hall–Kier alpha value is -1.42. The van der Waals surface area contributed by atoms with E-state index in [0.717, 1.165) is 18.4 Å². The third kappa shape index (κ3) is 2.85. The topological polar surface area (TPSA) is 32.3 Å². The molecule has 1 aromatic rings. The number of piperidine rings is 1. The highest BCUT2D eigenvalue weighted by Crippen LogP contribution is 2.29. The molecule has 108 valence electrons. The molecule has 2 heterocycles. The zero-order chi connectivity index (χ0) is 14.1. The van der Waals surface area contributed by atoms with E-state index in [-0.39, 0.29) is 18.1 Å². The van der Waals surface area contributed by atoms with Crippen LogP contribution in [0.3, 0.4) is 0 Å². The molecule has 0 saturated carbocycles. The standard InChI is InChI=1S/C16H21FN2O/c1-19(15-9-13-5-6-14(10-15)18-13)16(20)8-11-3-2-4-12(17)7-11/h2-4,7,13-15,18H,5-6,8-10H2,1H3. The van der Waals surface area contributed by atoms with Crippen LogP contribution in [0.5, 0.6) is 0 Å². The van der Waals surface area contributed by atoms with Crippen LogP contribution in [-0.2, 0) is 11.2 Å². The van der Waals surface area contributed by atoms with Gasteiger partial charge in [-0.2, -0.15) is 0 Å². The van der Waals surface area contributed by atoms with Crippen molar-refractivity contribution in [1.82, 2.24) is 10.2 Å². The molecule has 2 aliphatic rings. The molecule has 2 saturated heterocycles. The summed E-state index contributed by atoms with van der Waals surface area (Å²) in [4.78, 5) is 14.2. The molecule has 2 unspecified atom stereocenters. The van der Waals surface area contributed by atoms with Crippen molar-refractivity contribution < 1.29 is 9.18 Å². The molecule has 0 radical (unpaired) electrons. The minimum absolute atomic E-state index is 0.0851. The number of likely N-dealkylation sites (N-methyl/N-ethyl adjacent to an activating group) is 1. The van der Waals surface area contributed by atoms with Gasteiger partial charge in [-0.3, -0.25) is 4.79 Å². The van der Waals surface area contributed by atoms with Crippen LogP contribution in [-0.4, -0.2) is 36.0 Å². The third-order valence-corrected chi connectivity index (χ3v) is 4.63. The first-order chi connectivity index (χ1) is 9.61. The highest BCUT2D eigenvalue weighted by atomic mass is 19.1. The third-order valence-electron chi connectivity index (χ3n) is 4.63. The Morgan fingerprint density at radius 2 is 2.05 bits per heavy atom. The molecule has 0 aliphatic carbocycles. The van der Waals surface area contributed by atoms with E-state index in [9.17, 15) is 9.18 Å². The van der Waals surface area contributed by atoms with Gasteiger partial charge in [0.05, 0.1) is 6.42 Å². The van der Waals surface area contributed by atoms with E-state index < -0.39 is 0 Å². The van der Waals surface area contributed by atoms with Gasteiger partial charge in [-0.15, -0.1) is 0 Å². The summed E-state index contributed by atoms with van der Waals surface area (Å²) < 4.78 is 13.2. The smallest absolute Gasteiger partial charge is 0.226 e. The minimum atomic E-state index is -0.280. The molecule has 2 atom stereocenters. The summed E-state index contributed by atoms with van der Waals surface area (Å²) >= 11 is 0. The number of carbonyl (C=O) groups is 1. The maximum absolute atomic E-state index is 13.2. The average Bonchev–Trinajstić information content (AvgIpc) is 2.76. The van der Waals surface area contributed by atoms with Crippen LogP contribution in [0, 0.1) is 5.82 Å². The molecule has 0 aromatic heterocycles. The quantitative estimate of drug-likeness (QED) is 0.917. The van der Waals surface area contributed by atoms with E-state index in [4.69, 9.17) is 0 Å². The lowest BCUT2D eigenvalue weighted by atomic mass is 9.98. The van der Waals surface area contributed by atoms with E-state index in [0.29, 0.717) is 18.1 Å². The van der Waals surface area contributed by atoms with Gasteiger partial charge in [0, 0.05) is 25.2 Å². The first kappa shape index (κ1) is 13.6. The van der Waals surface area contributed by atoms with Crippen LogP contribution < -0.4 is 5.32 Å². The van der Waals surface area contributed by atoms with Crippen molar-refractivity contribution >= 4 is 5.91 Å². The summed E-state index contributed by atoms with van der Waals surface area (Å²) in [6, 6.07) is 7.78. The zero-order valence-electron chi connectivity index (χ0n) is 11.8. The fourth-order valence-electron chi connectivity index (χ4n) is 3.49. The molecule has 20 heavy (non-hydrogen) atoms. The van der Waals surface area contributed by atoms with Gasteiger partial charge in [0.15, 0.2) is 0 Å². The predicted molar refractivity (Wildman–Crippen MR) is 75.8 cm³/mol. The van der Waals surface area contributed by atoms with Crippen LogP contribution in [0.15, 0.2) is 24.3 Å². The molecule has 4 heteroatoms. The van der Waals surface area contributed by atoms with Crippen LogP contribution >= 0.6 is 0 Å². The SMILES string of the molecule is CN(C(=O)Cc1cccc(F)c1)C1CC2CCC(C1)N2. The number of nitrogens with one attached hydrogen (secondary N) is 1. The number of fused-ring (bicyclic) bond motifs is 2. The second-order valence-electron chi connectivity index (χ2n) is 6.07. The van der Waals surface area contributed by atoms with E-state index in [1.165, 1.54) is 25.0 Å². The Bertz CT molecular complexity index is 493. The summed E-state index contributed by atoms with van der Waals surface area (Å²) in [6.45, 7) is 0. The number of halogens is 1. The van der Waals surface area contributed by atoms with Gasteiger partial charge in [-0.1, -0.05) is 12.1 Å². The molecular formula is C16H21FN2O. The Morgan fingerprint density at radius 3 is 2.70 bits per heavy atom. The lowest BCUT2D eigenvalue weighted by molar-refractivity contribution is -0.131. The van der Waals surface area contributed by atoms with Crippen LogP contribution in [0.2, 0.25) is 0 Å². The number of carbonyl (C=O) groups excluding carboxylic acids is 1. The monoisotopic (exact) mass is 276 g/mol. The number of nitrogens with zero attached hydrogens (tertiary/aromatic N) is 1. The van der Waals surface area contributed by atoms with Crippen LogP contribution in [0.1, 0.15) is 31.2 Å². The molecule has 1 amide bonds. The van der Waals surface area contributed by atoms with Crippen molar-refractivity contribution in [3.05, 3.63) is 35.6 Å². The number of rotatable bonds is 3. The maximum atomic E-state index is 13.2. The van der Waals surface area contributed by atoms with Crippen molar-refractivity contribution in [2.75, 3.05) is 7.05 Å². The van der Waals surface area contributed by atoms with E-state index in [1.807, 2.05) is 11.9 Å². The van der Waals surface area contributed by atoms with E-state index in [1.54, 1.807) is 12.1 Å². The second kappa shape index (κ2) is 5.52. The van der Waals surface area contributed by atoms with Crippen molar-refractivity contribution in [3.8, 4) is 0 Å². The summed E-state index contributed by atoms with van der Waals surface area (Å²) in [6.07, 6.45) is 4.83. The zero-order valence-corrected chi connectivity index (χ0v) is 11.8. The highest BCUT2D eigenvalue weighted by Gasteiger charge is 2.36. The first-order valence-electron chi connectivity index (χ1n) is 7.38.